The molecule has 172 valence electrons. The molecule has 0 spiro atoms. The second kappa shape index (κ2) is 11.0. The topological polar surface area (TPSA) is 24.8 Å². The summed E-state index contributed by atoms with van der Waals surface area (Å²) in [6.07, 6.45) is 9.15. The summed E-state index contributed by atoms with van der Waals surface area (Å²) in [7, 11) is 1.11. The van der Waals surface area contributed by atoms with Crippen molar-refractivity contribution in [3.63, 3.8) is 0 Å². The zero-order valence-electron chi connectivity index (χ0n) is 19.6. The fourth-order valence-electron chi connectivity index (χ4n) is 4.87. The van der Waals surface area contributed by atoms with Crippen LogP contribution in [0.2, 0.25) is 0 Å². The number of benzene rings is 3. The van der Waals surface area contributed by atoms with Crippen LogP contribution in [0, 0.1) is 5.92 Å². The molecule has 0 bridgehead atoms. The lowest BCUT2D eigenvalue weighted by molar-refractivity contribution is 0.118. The van der Waals surface area contributed by atoms with Crippen molar-refractivity contribution in [3.05, 3.63) is 120 Å². The highest BCUT2D eigenvalue weighted by molar-refractivity contribution is 7.76. The molecule has 4 heteroatoms. The van der Waals surface area contributed by atoms with Crippen molar-refractivity contribution in [2.75, 3.05) is 20.3 Å². The van der Waals surface area contributed by atoms with Gasteiger partial charge in [-0.05, 0) is 42.2 Å². The number of allylic oxidation sites excluding steroid dienone is 4. The molecule has 1 aliphatic carbocycles. The third kappa shape index (κ3) is 4.92. The van der Waals surface area contributed by atoms with Gasteiger partial charge in [-0.3, -0.25) is 5.01 Å². The lowest BCUT2D eigenvalue weighted by Gasteiger charge is -2.28. The molecule has 2 aliphatic rings. The van der Waals surface area contributed by atoms with E-state index in [1.54, 1.807) is 7.11 Å². The molecule has 1 aliphatic heterocycles. The first kappa shape index (κ1) is 22.8. The van der Waals surface area contributed by atoms with Crippen molar-refractivity contribution < 1.29 is 4.74 Å². The second-order valence-electron chi connectivity index (χ2n) is 8.73. The lowest BCUT2D eigenvalue weighted by Crippen LogP contribution is -2.31. The van der Waals surface area contributed by atoms with Crippen LogP contribution in [0.25, 0.3) is 0 Å². The maximum Gasteiger partial charge on any atom is 0.0791 e. The third-order valence-corrected chi connectivity index (χ3v) is 9.05. The molecule has 0 amide bonds. The Morgan fingerprint density at radius 3 is 2.15 bits per heavy atom. The van der Waals surface area contributed by atoms with E-state index < -0.39 is 7.92 Å². The molecular weight excluding hydrogens is 435 g/mol. The number of rotatable bonds is 8. The first-order valence-corrected chi connectivity index (χ1v) is 13.4. The number of hydrogen-bond donors (Lipinski definition) is 0. The number of nitrogens with zero attached hydrogens (tertiary/aromatic N) is 2. The molecule has 3 aromatic rings. The fourth-order valence-corrected chi connectivity index (χ4v) is 7.43. The number of hydrogen-bond acceptors (Lipinski definition) is 3. The normalized spacial score (nSPS) is 20.2. The Morgan fingerprint density at radius 2 is 1.53 bits per heavy atom. The van der Waals surface area contributed by atoms with Crippen LogP contribution in [-0.2, 0) is 4.74 Å². The van der Waals surface area contributed by atoms with E-state index in [9.17, 15) is 0 Å². The van der Waals surface area contributed by atoms with E-state index in [0.717, 1.165) is 31.7 Å². The van der Waals surface area contributed by atoms with E-state index in [-0.39, 0.29) is 5.92 Å². The van der Waals surface area contributed by atoms with Crippen LogP contribution in [0.5, 0.6) is 0 Å². The SMILES string of the molecule is COC[C@@H]1CCCN1/N=C(\c1ccccc1)C1C=CC=C1P(c1ccccc1)c1ccccc1. The molecule has 5 rings (SSSR count). The van der Waals surface area contributed by atoms with Gasteiger partial charge < -0.3 is 4.74 Å². The summed E-state index contributed by atoms with van der Waals surface area (Å²) in [5.74, 6) is 0.137. The van der Waals surface area contributed by atoms with Crippen LogP contribution < -0.4 is 10.6 Å². The minimum Gasteiger partial charge on any atom is -0.382 e. The Labute approximate surface area is 204 Å². The predicted octanol–water partition coefficient (Wildman–Crippen LogP) is 5.70. The van der Waals surface area contributed by atoms with Gasteiger partial charge in [0.05, 0.1) is 18.4 Å². The summed E-state index contributed by atoms with van der Waals surface area (Å²) in [4.78, 5) is 0. The molecule has 1 fully saturated rings. The minimum atomic E-state index is -0.675. The van der Waals surface area contributed by atoms with E-state index in [2.05, 4.69) is 114 Å². The number of ether oxygens (including phenoxy) is 1. The second-order valence-corrected chi connectivity index (χ2v) is 10.9. The van der Waals surface area contributed by atoms with Gasteiger partial charge in [-0.25, -0.2) is 0 Å². The molecule has 0 N–H and O–H groups in total. The van der Waals surface area contributed by atoms with Gasteiger partial charge in [0.15, 0.2) is 0 Å². The molecule has 2 atom stereocenters. The molecular formula is C30H31N2OP. The van der Waals surface area contributed by atoms with Crippen molar-refractivity contribution >= 4 is 24.2 Å². The standard InChI is InChI=1S/C30H31N2OP/c1-33-23-25-15-12-22-32(25)31-30(24-13-5-2-6-14-24)28-20-11-21-29(28)34(26-16-7-3-8-17-26)27-18-9-4-10-19-27/h2-11,13-14,16-21,25,28H,12,15,22-23H2,1H3/b31-30+/t25-,28?/m0/s1. The molecule has 0 saturated carbocycles. The van der Waals surface area contributed by atoms with Crippen LogP contribution in [-0.4, -0.2) is 37.0 Å². The first-order chi connectivity index (χ1) is 16.8. The summed E-state index contributed by atoms with van der Waals surface area (Å²) in [5, 5.41) is 11.8. The minimum absolute atomic E-state index is 0.137. The van der Waals surface area contributed by atoms with Gasteiger partial charge in [-0.15, -0.1) is 0 Å². The highest BCUT2D eigenvalue weighted by Gasteiger charge is 2.32. The van der Waals surface area contributed by atoms with E-state index in [1.165, 1.54) is 21.5 Å². The number of hydrazone groups is 1. The van der Waals surface area contributed by atoms with Crippen LogP contribution >= 0.6 is 7.92 Å². The summed E-state index contributed by atoms with van der Waals surface area (Å²) in [5.41, 5.74) is 2.31. The first-order valence-electron chi connectivity index (χ1n) is 12.0. The Kier molecular flexibility index (Phi) is 7.34. The lowest BCUT2D eigenvalue weighted by atomic mass is 9.98. The van der Waals surface area contributed by atoms with Crippen LogP contribution in [0.4, 0.5) is 0 Å². The zero-order chi connectivity index (χ0) is 23.2. The van der Waals surface area contributed by atoms with Crippen LogP contribution in [0.1, 0.15) is 18.4 Å². The maximum atomic E-state index is 5.51. The van der Waals surface area contributed by atoms with E-state index >= 15 is 0 Å². The Morgan fingerprint density at radius 1 is 0.912 bits per heavy atom. The molecule has 0 radical (unpaired) electrons. The Balaban J connectivity index is 1.58. The van der Waals surface area contributed by atoms with Gasteiger partial charge >= 0.3 is 0 Å². The quantitative estimate of drug-likeness (QED) is 0.314. The summed E-state index contributed by atoms with van der Waals surface area (Å²) in [6, 6.07) is 32.9. The molecule has 1 unspecified atom stereocenters. The highest BCUT2D eigenvalue weighted by Crippen LogP contribution is 2.50. The molecule has 3 nitrogen and oxygen atoms in total. The van der Waals surface area contributed by atoms with Gasteiger partial charge in [-0.2, -0.15) is 5.10 Å². The smallest absolute Gasteiger partial charge is 0.0791 e. The predicted molar refractivity (Wildman–Crippen MR) is 144 cm³/mol. The van der Waals surface area contributed by atoms with Crippen molar-refractivity contribution in [3.8, 4) is 0 Å². The molecule has 1 heterocycles. The van der Waals surface area contributed by atoms with Crippen LogP contribution in [0.15, 0.2) is 120 Å². The average molecular weight is 467 g/mol. The van der Waals surface area contributed by atoms with Gasteiger partial charge in [0.1, 0.15) is 0 Å². The summed E-state index contributed by atoms with van der Waals surface area (Å²) >= 11 is 0. The monoisotopic (exact) mass is 466 g/mol. The van der Waals surface area contributed by atoms with Crippen molar-refractivity contribution in [2.45, 2.75) is 18.9 Å². The average Bonchev–Trinajstić information content (AvgIpc) is 3.55. The third-order valence-electron chi connectivity index (χ3n) is 6.48. The summed E-state index contributed by atoms with van der Waals surface area (Å²) < 4.78 is 5.51. The van der Waals surface area contributed by atoms with Crippen molar-refractivity contribution in [1.82, 2.24) is 5.01 Å². The Bertz CT molecular complexity index is 1120. The maximum absolute atomic E-state index is 5.51. The largest absolute Gasteiger partial charge is 0.382 e. The van der Waals surface area contributed by atoms with E-state index in [4.69, 9.17) is 9.84 Å². The van der Waals surface area contributed by atoms with Gasteiger partial charge in [-0.1, -0.05) is 109 Å². The van der Waals surface area contributed by atoms with Gasteiger partial charge in [0.2, 0.25) is 0 Å². The van der Waals surface area contributed by atoms with E-state index in [0.29, 0.717) is 6.04 Å². The summed E-state index contributed by atoms with van der Waals surface area (Å²) in [6.45, 7) is 1.70. The van der Waals surface area contributed by atoms with Crippen molar-refractivity contribution in [2.24, 2.45) is 11.0 Å². The Hall–Kier alpha value is -3.00. The zero-order valence-corrected chi connectivity index (χ0v) is 20.5. The molecule has 0 aromatic heterocycles. The highest BCUT2D eigenvalue weighted by atomic mass is 31.1. The van der Waals surface area contributed by atoms with Crippen molar-refractivity contribution in [1.29, 1.82) is 0 Å². The fraction of sp³-hybridized carbons (Fsp3) is 0.233. The van der Waals surface area contributed by atoms with Gasteiger partial charge in [0, 0.05) is 19.6 Å². The molecule has 1 saturated heterocycles. The van der Waals surface area contributed by atoms with Crippen LogP contribution in [0.3, 0.4) is 0 Å². The number of methoxy groups -OCH3 is 1. The molecule has 3 aromatic carbocycles. The molecule has 34 heavy (non-hydrogen) atoms. The van der Waals surface area contributed by atoms with E-state index in [1.807, 2.05) is 0 Å². The van der Waals surface area contributed by atoms with Gasteiger partial charge in [0.25, 0.3) is 0 Å².